The fourth-order valence-electron chi connectivity index (χ4n) is 3.27. The Balaban J connectivity index is 1.98. The van der Waals surface area contributed by atoms with E-state index in [2.05, 4.69) is 47.4 Å². The number of carbonyl (C=O) groups is 1. The quantitative estimate of drug-likeness (QED) is 0.754. The molecule has 1 aliphatic rings. The van der Waals surface area contributed by atoms with Crippen molar-refractivity contribution in [3.63, 3.8) is 0 Å². The van der Waals surface area contributed by atoms with Crippen molar-refractivity contribution in [3.8, 4) is 0 Å². The first-order chi connectivity index (χ1) is 10.6. The summed E-state index contributed by atoms with van der Waals surface area (Å²) in [6.45, 7) is 9.42. The number of amides is 1. The van der Waals surface area contributed by atoms with Gasteiger partial charge in [-0.3, -0.25) is 4.79 Å². The Morgan fingerprint density at radius 2 is 1.91 bits per heavy atom. The highest BCUT2D eigenvalue weighted by molar-refractivity contribution is 7.99. The standard InChI is InChI=1S/C16H28N4OS/c1-5-8-14-17-18-16(19(14)6-2)22-11-15(21)20-12(3)9-7-10-13(20)4/h12-13H,5-11H2,1-4H3/t12-,13-/m1/s1. The van der Waals surface area contributed by atoms with Crippen molar-refractivity contribution in [2.24, 2.45) is 0 Å². The SMILES string of the molecule is CCCc1nnc(SCC(=O)N2[C@H](C)CCC[C@H]2C)n1CC. The van der Waals surface area contributed by atoms with Crippen LogP contribution in [-0.4, -0.2) is 43.4 Å². The van der Waals surface area contributed by atoms with Crippen LogP contribution in [0.25, 0.3) is 0 Å². The first-order valence-electron chi connectivity index (χ1n) is 8.44. The maximum absolute atomic E-state index is 12.6. The van der Waals surface area contributed by atoms with Crippen LogP contribution in [0.2, 0.25) is 0 Å². The summed E-state index contributed by atoms with van der Waals surface area (Å²) in [6.07, 6.45) is 5.46. The predicted molar refractivity (Wildman–Crippen MR) is 90.0 cm³/mol. The van der Waals surface area contributed by atoms with Crippen molar-refractivity contribution in [2.75, 3.05) is 5.75 Å². The van der Waals surface area contributed by atoms with E-state index in [0.29, 0.717) is 17.8 Å². The van der Waals surface area contributed by atoms with Crippen LogP contribution >= 0.6 is 11.8 Å². The third-order valence-corrected chi connectivity index (χ3v) is 5.34. The van der Waals surface area contributed by atoms with Gasteiger partial charge < -0.3 is 9.47 Å². The van der Waals surface area contributed by atoms with E-state index in [4.69, 9.17) is 0 Å². The molecule has 0 unspecified atom stereocenters. The van der Waals surface area contributed by atoms with Crippen molar-refractivity contribution >= 4 is 17.7 Å². The molecular weight excluding hydrogens is 296 g/mol. The van der Waals surface area contributed by atoms with Crippen molar-refractivity contribution < 1.29 is 4.79 Å². The monoisotopic (exact) mass is 324 g/mol. The highest BCUT2D eigenvalue weighted by Gasteiger charge is 2.29. The van der Waals surface area contributed by atoms with Gasteiger partial charge in [0.25, 0.3) is 0 Å². The van der Waals surface area contributed by atoms with E-state index >= 15 is 0 Å². The van der Waals surface area contributed by atoms with E-state index in [9.17, 15) is 4.79 Å². The molecule has 1 aromatic heterocycles. The number of carbonyl (C=O) groups excluding carboxylic acids is 1. The van der Waals surface area contributed by atoms with Gasteiger partial charge in [0, 0.05) is 25.0 Å². The van der Waals surface area contributed by atoms with Crippen LogP contribution in [0.3, 0.4) is 0 Å². The third-order valence-electron chi connectivity index (χ3n) is 4.39. The summed E-state index contributed by atoms with van der Waals surface area (Å²) in [5.41, 5.74) is 0. The van der Waals surface area contributed by atoms with Crippen LogP contribution in [0.1, 0.15) is 59.2 Å². The second kappa shape index (κ2) is 7.99. The number of hydrogen-bond acceptors (Lipinski definition) is 4. The molecule has 1 aliphatic heterocycles. The molecule has 2 rings (SSSR count). The van der Waals surface area contributed by atoms with Crippen LogP contribution < -0.4 is 0 Å². The van der Waals surface area contributed by atoms with Gasteiger partial charge in [0.15, 0.2) is 5.16 Å². The van der Waals surface area contributed by atoms with Gasteiger partial charge >= 0.3 is 0 Å². The Hall–Kier alpha value is -1.04. The summed E-state index contributed by atoms with van der Waals surface area (Å²) in [5.74, 6) is 1.71. The molecule has 1 saturated heterocycles. The number of rotatable bonds is 6. The Morgan fingerprint density at radius 1 is 1.23 bits per heavy atom. The van der Waals surface area contributed by atoms with Gasteiger partial charge in [-0.15, -0.1) is 10.2 Å². The highest BCUT2D eigenvalue weighted by Crippen LogP contribution is 2.25. The third kappa shape index (κ3) is 3.83. The molecule has 2 atom stereocenters. The minimum Gasteiger partial charge on any atom is -0.337 e. The molecule has 0 spiro atoms. The van der Waals surface area contributed by atoms with Gasteiger partial charge in [-0.1, -0.05) is 18.7 Å². The molecule has 0 radical (unpaired) electrons. The number of hydrogen-bond donors (Lipinski definition) is 0. The second-order valence-corrected chi connectivity index (χ2v) is 7.05. The molecule has 22 heavy (non-hydrogen) atoms. The van der Waals surface area contributed by atoms with Crippen molar-refractivity contribution in [1.29, 1.82) is 0 Å². The molecule has 2 heterocycles. The average Bonchev–Trinajstić information content (AvgIpc) is 2.87. The minimum atomic E-state index is 0.229. The van der Waals surface area contributed by atoms with E-state index in [1.807, 2.05) is 0 Å². The van der Waals surface area contributed by atoms with Crippen LogP contribution in [0.15, 0.2) is 5.16 Å². The van der Waals surface area contributed by atoms with Crippen LogP contribution in [0, 0.1) is 0 Å². The van der Waals surface area contributed by atoms with Crippen molar-refractivity contribution in [3.05, 3.63) is 5.82 Å². The molecule has 0 bridgehead atoms. The molecule has 0 aliphatic carbocycles. The zero-order valence-corrected chi connectivity index (χ0v) is 15.0. The lowest BCUT2D eigenvalue weighted by Crippen LogP contribution is -2.48. The summed E-state index contributed by atoms with van der Waals surface area (Å²) in [5, 5.41) is 9.40. The molecule has 0 aromatic carbocycles. The normalized spacial score (nSPS) is 22.1. The maximum atomic E-state index is 12.6. The van der Waals surface area contributed by atoms with E-state index in [0.717, 1.165) is 43.2 Å². The zero-order valence-electron chi connectivity index (χ0n) is 14.2. The molecule has 1 fully saturated rings. The smallest absolute Gasteiger partial charge is 0.233 e. The first-order valence-corrected chi connectivity index (χ1v) is 9.43. The van der Waals surface area contributed by atoms with Crippen molar-refractivity contribution in [2.45, 2.75) is 83.6 Å². The molecule has 1 aromatic rings. The second-order valence-electron chi connectivity index (χ2n) is 6.11. The number of aromatic nitrogens is 3. The van der Waals surface area contributed by atoms with Gasteiger partial charge in [-0.05, 0) is 46.5 Å². The number of nitrogens with zero attached hydrogens (tertiary/aromatic N) is 4. The largest absolute Gasteiger partial charge is 0.337 e. The number of aryl methyl sites for hydroxylation is 1. The molecule has 0 saturated carbocycles. The first kappa shape index (κ1) is 17.3. The summed E-state index contributed by atoms with van der Waals surface area (Å²) < 4.78 is 2.13. The Labute approximate surface area is 137 Å². The number of likely N-dealkylation sites (tertiary alicyclic amines) is 1. The Morgan fingerprint density at radius 3 is 2.50 bits per heavy atom. The number of thioether (sulfide) groups is 1. The Kier molecular flexibility index (Phi) is 6.29. The lowest BCUT2D eigenvalue weighted by molar-refractivity contribution is -0.134. The van der Waals surface area contributed by atoms with Gasteiger partial charge in [-0.2, -0.15) is 0 Å². The maximum Gasteiger partial charge on any atom is 0.233 e. The molecule has 1 amide bonds. The van der Waals surface area contributed by atoms with Crippen molar-refractivity contribution in [1.82, 2.24) is 19.7 Å². The fourth-order valence-corrected chi connectivity index (χ4v) is 4.16. The minimum absolute atomic E-state index is 0.229. The molecule has 6 heteroatoms. The zero-order chi connectivity index (χ0) is 16.1. The topological polar surface area (TPSA) is 51.0 Å². The molecule has 5 nitrogen and oxygen atoms in total. The van der Waals surface area contributed by atoms with Gasteiger partial charge in [-0.25, -0.2) is 0 Å². The summed E-state index contributed by atoms with van der Waals surface area (Å²) in [4.78, 5) is 14.6. The van der Waals surface area contributed by atoms with E-state index < -0.39 is 0 Å². The average molecular weight is 324 g/mol. The van der Waals surface area contributed by atoms with Gasteiger partial charge in [0.05, 0.1) is 5.75 Å². The summed E-state index contributed by atoms with van der Waals surface area (Å²) in [6, 6.07) is 0.716. The summed E-state index contributed by atoms with van der Waals surface area (Å²) >= 11 is 1.52. The van der Waals surface area contributed by atoms with Crippen LogP contribution in [0.5, 0.6) is 0 Å². The molecular formula is C16H28N4OS. The van der Waals surface area contributed by atoms with E-state index in [-0.39, 0.29) is 5.91 Å². The Bertz CT molecular complexity index is 492. The van der Waals surface area contributed by atoms with E-state index in [1.54, 1.807) is 0 Å². The van der Waals surface area contributed by atoms with Gasteiger partial charge in [0.2, 0.25) is 5.91 Å². The van der Waals surface area contributed by atoms with Crippen LogP contribution in [-0.2, 0) is 17.8 Å². The van der Waals surface area contributed by atoms with Gasteiger partial charge in [0.1, 0.15) is 5.82 Å². The van der Waals surface area contributed by atoms with Crippen LogP contribution in [0.4, 0.5) is 0 Å². The predicted octanol–water partition coefficient (Wildman–Crippen LogP) is 3.13. The lowest BCUT2D eigenvalue weighted by atomic mass is 9.98. The molecule has 124 valence electrons. The fraction of sp³-hybridized carbons (Fsp3) is 0.812. The summed E-state index contributed by atoms with van der Waals surface area (Å²) in [7, 11) is 0. The highest BCUT2D eigenvalue weighted by atomic mass is 32.2. The molecule has 0 N–H and O–H groups in total. The number of piperidine rings is 1. The lowest BCUT2D eigenvalue weighted by Gasteiger charge is -2.39. The van der Waals surface area contributed by atoms with E-state index in [1.165, 1.54) is 18.2 Å².